The molecule has 2 aromatic carbocycles. The van der Waals surface area contributed by atoms with Crippen LogP contribution in [0.5, 0.6) is 5.75 Å². The molecule has 2 rings (SSSR count). The van der Waals surface area contributed by atoms with E-state index in [2.05, 4.69) is 15.9 Å². The van der Waals surface area contributed by atoms with Crippen LogP contribution in [0.25, 0.3) is 0 Å². The first-order chi connectivity index (χ1) is 10.0. The van der Waals surface area contributed by atoms with E-state index < -0.39 is 9.84 Å². The van der Waals surface area contributed by atoms with Crippen molar-refractivity contribution in [3.05, 3.63) is 58.6 Å². The van der Waals surface area contributed by atoms with Gasteiger partial charge in [-0.2, -0.15) is 0 Å². The van der Waals surface area contributed by atoms with Gasteiger partial charge in [0.05, 0.1) is 10.6 Å². The van der Waals surface area contributed by atoms with E-state index in [-0.39, 0.29) is 17.3 Å². The Bertz CT molecular complexity index is 716. The van der Waals surface area contributed by atoms with Gasteiger partial charge in [0, 0.05) is 11.0 Å². The van der Waals surface area contributed by atoms with Crippen LogP contribution in [0.4, 0.5) is 0 Å². The summed E-state index contributed by atoms with van der Waals surface area (Å²) in [5.74, 6) is 0.559. The topological polar surface area (TPSA) is 69.4 Å². The van der Waals surface area contributed by atoms with Gasteiger partial charge < -0.3 is 10.5 Å². The second-order valence-electron chi connectivity index (χ2n) is 4.48. The number of hydrogen-bond donors (Lipinski definition) is 1. The van der Waals surface area contributed by atoms with Gasteiger partial charge >= 0.3 is 0 Å². The third-order valence-electron chi connectivity index (χ3n) is 2.91. The van der Waals surface area contributed by atoms with Gasteiger partial charge in [0.2, 0.25) is 0 Å². The summed E-state index contributed by atoms with van der Waals surface area (Å²) in [6, 6.07) is 14.0. The summed E-state index contributed by atoms with van der Waals surface area (Å²) in [4.78, 5) is 0.281. The highest BCUT2D eigenvalue weighted by molar-refractivity contribution is 9.10. The molecule has 4 nitrogen and oxygen atoms in total. The molecule has 2 N–H and O–H groups in total. The van der Waals surface area contributed by atoms with Crippen molar-refractivity contribution >= 4 is 25.8 Å². The first-order valence-electron chi connectivity index (χ1n) is 6.41. The minimum Gasteiger partial charge on any atom is -0.492 e. The molecule has 0 amide bonds. The van der Waals surface area contributed by atoms with Gasteiger partial charge in [-0.25, -0.2) is 8.42 Å². The molecule has 0 atom stereocenters. The number of benzene rings is 2. The van der Waals surface area contributed by atoms with E-state index in [1.807, 2.05) is 12.1 Å². The Morgan fingerprint density at radius 2 is 1.86 bits per heavy atom. The average molecular weight is 370 g/mol. The Morgan fingerprint density at radius 3 is 2.57 bits per heavy atom. The molecule has 0 aliphatic rings. The van der Waals surface area contributed by atoms with E-state index in [1.165, 1.54) is 0 Å². The van der Waals surface area contributed by atoms with Gasteiger partial charge in [-0.3, -0.25) is 0 Å². The Balaban J connectivity index is 2.01. The second kappa shape index (κ2) is 7.06. The molecule has 0 heterocycles. The van der Waals surface area contributed by atoms with E-state index in [4.69, 9.17) is 10.5 Å². The van der Waals surface area contributed by atoms with Crippen LogP contribution in [0.1, 0.15) is 5.56 Å². The zero-order chi connectivity index (χ0) is 15.3. The van der Waals surface area contributed by atoms with Gasteiger partial charge in [-0.15, -0.1) is 0 Å². The maximum absolute atomic E-state index is 12.2. The summed E-state index contributed by atoms with van der Waals surface area (Å²) in [7, 11) is -3.37. The van der Waals surface area contributed by atoms with Crippen LogP contribution in [0, 0.1) is 0 Å². The van der Waals surface area contributed by atoms with Crippen LogP contribution in [0.15, 0.2) is 57.9 Å². The van der Waals surface area contributed by atoms with Gasteiger partial charge in [-0.1, -0.05) is 34.1 Å². The lowest BCUT2D eigenvalue weighted by molar-refractivity contribution is 0.340. The van der Waals surface area contributed by atoms with E-state index >= 15 is 0 Å². The number of halogens is 1. The predicted molar refractivity (Wildman–Crippen MR) is 86.0 cm³/mol. The fraction of sp³-hybridized carbons (Fsp3) is 0.200. The zero-order valence-electron chi connectivity index (χ0n) is 11.3. The fourth-order valence-corrected chi connectivity index (χ4v) is 3.34. The summed E-state index contributed by atoms with van der Waals surface area (Å²) < 4.78 is 30.8. The first-order valence-corrected chi connectivity index (χ1v) is 8.86. The molecule has 0 aliphatic heterocycles. The molecule has 6 heteroatoms. The lowest BCUT2D eigenvalue weighted by atomic mass is 10.2. The van der Waals surface area contributed by atoms with Gasteiger partial charge in [0.25, 0.3) is 0 Å². The summed E-state index contributed by atoms with van der Waals surface area (Å²) in [5, 5.41) is 0. The highest BCUT2D eigenvalue weighted by Crippen LogP contribution is 2.18. The fourth-order valence-electron chi connectivity index (χ4n) is 1.81. The quantitative estimate of drug-likeness (QED) is 0.849. The standard InChI is InChI=1S/C15H16BrNO3S/c16-13-4-2-5-14(10-13)20-7-8-21(18,19)15-6-1-3-12(9-15)11-17/h1-6,9-10H,7-8,11,17H2. The summed E-state index contributed by atoms with van der Waals surface area (Å²) in [5.41, 5.74) is 6.32. The smallest absolute Gasteiger partial charge is 0.181 e. The monoisotopic (exact) mass is 369 g/mol. The summed E-state index contributed by atoms with van der Waals surface area (Å²) in [6.07, 6.45) is 0. The molecule has 112 valence electrons. The Morgan fingerprint density at radius 1 is 1.10 bits per heavy atom. The number of rotatable bonds is 6. The van der Waals surface area contributed by atoms with Crippen molar-refractivity contribution in [2.24, 2.45) is 5.73 Å². The Kier molecular flexibility index (Phi) is 5.39. The molecule has 0 saturated heterocycles. The minimum atomic E-state index is -3.37. The van der Waals surface area contributed by atoms with E-state index in [1.54, 1.807) is 36.4 Å². The lowest BCUT2D eigenvalue weighted by Crippen LogP contribution is -2.14. The SMILES string of the molecule is NCc1cccc(S(=O)(=O)CCOc2cccc(Br)c2)c1. The predicted octanol–water partition coefficient (Wildman–Crippen LogP) is 2.76. The average Bonchev–Trinajstić information content (AvgIpc) is 2.47. The molecular weight excluding hydrogens is 354 g/mol. The van der Waals surface area contributed by atoms with E-state index in [0.29, 0.717) is 12.3 Å². The molecular formula is C15H16BrNO3S. The van der Waals surface area contributed by atoms with Crippen molar-refractivity contribution < 1.29 is 13.2 Å². The largest absolute Gasteiger partial charge is 0.492 e. The van der Waals surface area contributed by atoms with Crippen LogP contribution < -0.4 is 10.5 Å². The van der Waals surface area contributed by atoms with Crippen molar-refractivity contribution in [3.8, 4) is 5.75 Å². The van der Waals surface area contributed by atoms with Crippen molar-refractivity contribution in [3.63, 3.8) is 0 Å². The maximum Gasteiger partial charge on any atom is 0.181 e. The lowest BCUT2D eigenvalue weighted by Gasteiger charge is -2.08. The molecule has 0 spiro atoms. The second-order valence-corrected chi connectivity index (χ2v) is 7.50. The van der Waals surface area contributed by atoms with E-state index in [0.717, 1.165) is 10.0 Å². The van der Waals surface area contributed by atoms with Crippen molar-refractivity contribution in [1.29, 1.82) is 0 Å². The van der Waals surface area contributed by atoms with Gasteiger partial charge in [0.15, 0.2) is 9.84 Å². The molecule has 0 fully saturated rings. The zero-order valence-corrected chi connectivity index (χ0v) is 13.7. The molecule has 0 aliphatic carbocycles. The molecule has 21 heavy (non-hydrogen) atoms. The van der Waals surface area contributed by atoms with Crippen LogP contribution in [-0.4, -0.2) is 20.8 Å². The normalized spacial score (nSPS) is 11.3. The highest BCUT2D eigenvalue weighted by atomic mass is 79.9. The molecule has 0 saturated carbocycles. The van der Waals surface area contributed by atoms with Crippen LogP contribution in [0.3, 0.4) is 0 Å². The van der Waals surface area contributed by atoms with Crippen molar-refractivity contribution in [2.45, 2.75) is 11.4 Å². The molecule has 0 radical (unpaired) electrons. The molecule has 0 aromatic heterocycles. The highest BCUT2D eigenvalue weighted by Gasteiger charge is 2.14. The molecule has 2 aromatic rings. The van der Waals surface area contributed by atoms with Crippen LogP contribution in [0.2, 0.25) is 0 Å². The van der Waals surface area contributed by atoms with E-state index in [9.17, 15) is 8.42 Å². The molecule has 0 unspecified atom stereocenters. The van der Waals surface area contributed by atoms with Gasteiger partial charge in [0.1, 0.15) is 12.4 Å². The maximum atomic E-state index is 12.2. The summed E-state index contributed by atoms with van der Waals surface area (Å²) in [6.45, 7) is 0.420. The number of nitrogens with two attached hydrogens (primary N) is 1. The number of sulfone groups is 1. The van der Waals surface area contributed by atoms with Crippen LogP contribution in [-0.2, 0) is 16.4 Å². The number of ether oxygens (including phenoxy) is 1. The van der Waals surface area contributed by atoms with Crippen molar-refractivity contribution in [2.75, 3.05) is 12.4 Å². The summed E-state index contributed by atoms with van der Waals surface area (Å²) >= 11 is 3.34. The first kappa shape index (κ1) is 16.0. The van der Waals surface area contributed by atoms with Crippen LogP contribution >= 0.6 is 15.9 Å². The molecule has 0 bridgehead atoms. The Hall–Kier alpha value is -1.37. The Labute approximate surface area is 133 Å². The van der Waals surface area contributed by atoms with Gasteiger partial charge in [-0.05, 0) is 35.9 Å². The van der Waals surface area contributed by atoms with Crippen molar-refractivity contribution in [1.82, 2.24) is 0 Å². The third-order valence-corrected chi connectivity index (χ3v) is 5.08. The third kappa shape index (κ3) is 4.56. The minimum absolute atomic E-state index is 0.0759. The number of hydrogen-bond acceptors (Lipinski definition) is 4.